The van der Waals surface area contributed by atoms with Gasteiger partial charge in [0.05, 0.1) is 23.2 Å². The fourth-order valence-corrected chi connectivity index (χ4v) is 5.42. The van der Waals surface area contributed by atoms with Gasteiger partial charge in [-0.3, -0.25) is 4.79 Å². The molecule has 1 aromatic rings. The molecule has 1 aromatic heterocycles. The first-order chi connectivity index (χ1) is 10.00. The highest BCUT2D eigenvalue weighted by molar-refractivity contribution is 7.98. The normalized spacial score (nSPS) is 23.2. The highest BCUT2D eigenvalue weighted by Crippen LogP contribution is 2.37. The van der Waals surface area contributed by atoms with Crippen LogP contribution in [0, 0.1) is 0 Å². The molecule has 9 heteroatoms. The van der Waals surface area contributed by atoms with Gasteiger partial charge in [-0.05, 0) is 6.42 Å². The van der Waals surface area contributed by atoms with Crippen LogP contribution in [-0.4, -0.2) is 49.3 Å². The van der Waals surface area contributed by atoms with Crippen LogP contribution in [0.4, 0.5) is 5.82 Å². The molecule has 0 bridgehead atoms. The van der Waals surface area contributed by atoms with E-state index in [1.807, 2.05) is 0 Å². The molecule has 0 spiro atoms. The highest BCUT2D eigenvalue weighted by Gasteiger charge is 2.34. The molecule has 3 rings (SSSR count). The van der Waals surface area contributed by atoms with Crippen LogP contribution in [-0.2, 0) is 30.9 Å². The summed E-state index contributed by atoms with van der Waals surface area (Å²) in [5.41, 5.74) is 1.95. The molecule has 1 amide bonds. The number of sulfone groups is 1. The lowest BCUT2D eigenvalue weighted by Gasteiger charge is -2.15. The monoisotopic (exact) mass is 331 g/mol. The Labute approximate surface area is 127 Å². The van der Waals surface area contributed by atoms with Crippen molar-refractivity contribution in [2.24, 2.45) is 0 Å². The Hall–Kier alpha value is -1.06. The molecule has 2 aliphatic rings. The molecule has 0 saturated carbocycles. The number of rotatable bonds is 4. The second-order valence-corrected chi connectivity index (χ2v) is 8.46. The molecule has 0 aliphatic carbocycles. The van der Waals surface area contributed by atoms with Gasteiger partial charge < -0.3 is 10.1 Å². The van der Waals surface area contributed by atoms with Crippen molar-refractivity contribution in [3.63, 3.8) is 0 Å². The van der Waals surface area contributed by atoms with Crippen molar-refractivity contribution in [3.8, 4) is 0 Å². The van der Waals surface area contributed by atoms with E-state index < -0.39 is 9.84 Å². The lowest BCUT2D eigenvalue weighted by atomic mass is 10.2. The summed E-state index contributed by atoms with van der Waals surface area (Å²) in [6.45, 7) is -0.0317. The minimum atomic E-state index is -2.99. The Bertz CT molecular complexity index is 668. The maximum Gasteiger partial charge on any atom is 0.251 e. The molecule has 2 aliphatic heterocycles. The summed E-state index contributed by atoms with van der Waals surface area (Å²) in [5.74, 6) is 2.25. The van der Waals surface area contributed by atoms with Gasteiger partial charge in [-0.15, -0.1) is 0 Å². The summed E-state index contributed by atoms with van der Waals surface area (Å²) in [7, 11) is -1.54. The largest absolute Gasteiger partial charge is 0.375 e. The number of fused-ring (bicyclic) bond motifs is 1. The number of nitrogens with one attached hydrogen (secondary N) is 1. The van der Waals surface area contributed by atoms with Crippen LogP contribution in [0.2, 0.25) is 0 Å². The molecule has 1 saturated heterocycles. The molecule has 0 radical (unpaired) electrons. The second-order valence-electron chi connectivity index (χ2n) is 5.25. The molecule has 1 unspecified atom stereocenters. The smallest absolute Gasteiger partial charge is 0.251 e. The lowest BCUT2D eigenvalue weighted by Crippen LogP contribution is -2.23. The molecule has 0 aromatic carbocycles. The first kappa shape index (κ1) is 14.9. The average molecular weight is 331 g/mol. The molecule has 7 nitrogen and oxygen atoms in total. The van der Waals surface area contributed by atoms with E-state index in [1.54, 1.807) is 16.4 Å². The van der Waals surface area contributed by atoms with E-state index in [1.165, 1.54) is 7.11 Å². The van der Waals surface area contributed by atoms with Gasteiger partial charge in [0.1, 0.15) is 12.4 Å². The van der Waals surface area contributed by atoms with E-state index in [0.29, 0.717) is 12.2 Å². The molecular formula is C12H17N3O4S2. The molecule has 3 heterocycles. The van der Waals surface area contributed by atoms with Gasteiger partial charge in [-0.2, -0.15) is 16.9 Å². The topological polar surface area (TPSA) is 90.3 Å². The van der Waals surface area contributed by atoms with Crippen molar-refractivity contribution in [3.05, 3.63) is 11.3 Å². The van der Waals surface area contributed by atoms with Crippen LogP contribution in [0.3, 0.4) is 0 Å². The summed E-state index contributed by atoms with van der Waals surface area (Å²) in [5, 5.41) is 7.35. The number of amides is 1. The van der Waals surface area contributed by atoms with E-state index in [0.717, 1.165) is 22.8 Å². The van der Waals surface area contributed by atoms with Crippen LogP contribution in [0.15, 0.2) is 0 Å². The van der Waals surface area contributed by atoms with Gasteiger partial charge in [-0.25, -0.2) is 13.1 Å². The number of carbonyl (C=O) groups is 1. The number of aromatic nitrogens is 2. The predicted molar refractivity (Wildman–Crippen MR) is 80.0 cm³/mol. The Morgan fingerprint density at radius 1 is 1.52 bits per heavy atom. The number of ether oxygens (including phenoxy) is 1. The third kappa shape index (κ3) is 2.95. The fraction of sp³-hybridized carbons (Fsp3) is 0.667. The van der Waals surface area contributed by atoms with Gasteiger partial charge in [-0.1, -0.05) is 0 Å². The number of nitrogens with zero attached hydrogens (tertiary/aromatic N) is 2. The predicted octanol–water partition coefficient (Wildman–Crippen LogP) is 0.574. The summed E-state index contributed by atoms with van der Waals surface area (Å²) in [4.78, 5) is 11.8. The number of hydrogen-bond acceptors (Lipinski definition) is 6. The van der Waals surface area contributed by atoms with Crippen LogP contribution >= 0.6 is 11.8 Å². The van der Waals surface area contributed by atoms with Crippen molar-refractivity contribution in [1.82, 2.24) is 9.78 Å². The number of methoxy groups -OCH3 is 1. The number of hydrogen-bond donors (Lipinski definition) is 1. The highest BCUT2D eigenvalue weighted by atomic mass is 32.2. The molecule has 1 N–H and O–H groups in total. The van der Waals surface area contributed by atoms with Crippen molar-refractivity contribution < 1.29 is 17.9 Å². The van der Waals surface area contributed by atoms with Crippen LogP contribution in [0.5, 0.6) is 0 Å². The van der Waals surface area contributed by atoms with Gasteiger partial charge in [0, 0.05) is 24.2 Å². The van der Waals surface area contributed by atoms with Gasteiger partial charge >= 0.3 is 0 Å². The summed E-state index contributed by atoms with van der Waals surface area (Å²) >= 11 is 1.74. The zero-order valence-electron chi connectivity index (χ0n) is 11.7. The fourth-order valence-electron chi connectivity index (χ4n) is 2.70. The van der Waals surface area contributed by atoms with E-state index >= 15 is 0 Å². The second kappa shape index (κ2) is 5.62. The first-order valence-electron chi connectivity index (χ1n) is 6.67. The standard InChI is InChI=1S/C12H17N3O4S2/c1-19-4-11(16)13-12-9-5-20-6-10(9)14-15(12)8-2-3-21(17,18)7-8/h8H,2-7H2,1H3,(H,13,16). The number of thioether (sulfide) groups is 1. The van der Waals surface area contributed by atoms with Crippen molar-refractivity contribution >= 4 is 33.3 Å². The number of carbonyl (C=O) groups excluding carboxylic acids is 1. The lowest BCUT2D eigenvalue weighted by molar-refractivity contribution is -0.119. The van der Waals surface area contributed by atoms with E-state index in [9.17, 15) is 13.2 Å². The Kier molecular flexibility index (Phi) is 3.98. The molecule has 116 valence electrons. The van der Waals surface area contributed by atoms with E-state index in [-0.39, 0.29) is 30.1 Å². The van der Waals surface area contributed by atoms with Gasteiger partial charge in [0.2, 0.25) is 0 Å². The van der Waals surface area contributed by atoms with Gasteiger partial charge in [0.15, 0.2) is 9.84 Å². The maximum absolute atomic E-state index is 11.8. The van der Waals surface area contributed by atoms with Crippen molar-refractivity contribution in [2.45, 2.75) is 24.0 Å². The Morgan fingerprint density at radius 2 is 2.33 bits per heavy atom. The van der Waals surface area contributed by atoms with Crippen LogP contribution in [0.1, 0.15) is 23.7 Å². The van der Waals surface area contributed by atoms with E-state index in [2.05, 4.69) is 10.4 Å². The minimum Gasteiger partial charge on any atom is -0.375 e. The summed E-state index contributed by atoms with van der Waals surface area (Å²) in [6, 6.07) is -0.191. The van der Waals surface area contributed by atoms with Gasteiger partial charge in [0.25, 0.3) is 5.91 Å². The minimum absolute atomic E-state index is 0.0317. The Balaban J connectivity index is 1.91. The van der Waals surface area contributed by atoms with Crippen LogP contribution in [0.25, 0.3) is 0 Å². The maximum atomic E-state index is 11.8. The van der Waals surface area contributed by atoms with E-state index in [4.69, 9.17) is 4.74 Å². The summed E-state index contributed by atoms with van der Waals surface area (Å²) in [6.07, 6.45) is 0.545. The van der Waals surface area contributed by atoms with Crippen molar-refractivity contribution in [1.29, 1.82) is 0 Å². The quantitative estimate of drug-likeness (QED) is 0.868. The SMILES string of the molecule is COCC(=O)Nc1c2c(nn1C1CCS(=O)(=O)C1)CSC2. The molecule has 1 fully saturated rings. The first-order valence-corrected chi connectivity index (χ1v) is 9.65. The molecule has 21 heavy (non-hydrogen) atoms. The third-order valence-electron chi connectivity index (χ3n) is 3.66. The van der Waals surface area contributed by atoms with Crippen LogP contribution < -0.4 is 5.32 Å². The Morgan fingerprint density at radius 3 is 3.00 bits per heavy atom. The van der Waals surface area contributed by atoms with Crippen molar-refractivity contribution in [2.75, 3.05) is 30.5 Å². The zero-order valence-corrected chi connectivity index (χ0v) is 13.3. The zero-order chi connectivity index (χ0) is 15.0. The molecular weight excluding hydrogens is 314 g/mol. The average Bonchev–Trinajstić information content (AvgIpc) is 3.06. The summed E-state index contributed by atoms with van der Waals surface area (Å²) < 4.78 is 29.9. The number of anilines is 1. The third-order valence-corrected chi connectivity index (χ3v) is 6.39. The molecule has 1 atom stereocenters.